The molecule has 0 aliphatic heterocycles. The fourth-order valence-electron chi connectivity index (χ4n) is 1.30. The number of likely N-dealkylation sites (N-methyl/N-ethyl adjacent to an activating group) is 1. The molecule has 90 valence electrons. The summed E-state index contributed by atoms with van der Waals surface area (Å²) in [6.07, 6.45) is 0. The Morgan fingerprint density at radius 2 is 2.06 bits per heavy atom. The van der Waals surface area contributed by atoms with E-state index in [0.717, 1.165) is 11.3 Å². The van der Waals surface area contributed by atoms with Crippen molar-refractivity contribution in [2.75, 3.05) is 18.9 Å². The third kappa shape index (κ3) is 4.25. The Balaban J connectivity index is 2.50. The van der Waals surface area contributed by atoms with Crippen LogP contribution in [-0.4, -0.2) is 30.4 Å². The quantitative estimate of drug-likeness (QED) is 0.859. The number of carbonyl (C=O) groups is 1. The van der Waals surface area contributed by atoms with Gasteiger partial charge in [0.1, 0.15) is 0 Å². The lowest BCUT2D eigenvalue weighted by Crippen LogP contribution is -2.35. The molecule has 1 N–H and O–H groups in total. The first-order chi connectivity index (χ1) is 8.02. The summed E-state index contributed by atoms with van der Waals surface area (Å²) in [7, 11) is 1.75. The maximum atomic E-state index is 11.7. The lowest BCUT2D eigenvalue weighted by atomic mass is 10.2. The molecule has 0 aliphatic carbocycles. The number of aryl methyl sites for hydroxylation is 1. The molecule has 1 amide bonds. The molecule has 4 nitrogen and oxygen atoms in total. The van der Waals surface area contributed by atoms with Crippen LogP contribution in [0.4, 0.5) is 5.69 Å². The van der Waals surface area contributed by atoms with Crippen LogP contribution >= 0.6 is 0 Å². The number of carbonyl (C=O) groups excluding carboxylic acids is 1. The van der Waals surface area contributed by atoms with Crippen molar-refractivity contribution in [3.63, 3.8) is 0 Å². The summed E-state index contributed by atoms with van der Waals surface area (Å²) in [5.41, 5.74) is 1.93. The first-order valence-electron chi connectivity index (χ1n) is 5.49. The van der Waals surface area contributed by atoms with Crippen molar-refractivity contribution in [1.82, 2.24) is 4.90 Å². The fraction of sp³-hybridized carbons (Fsp3) is 0.385. The van der Waals surface area contributed by atoms with Gasteiger partial charge in [0, 0.05) is 5.69 Å². The van der Waals surface area contributed by atoms with Crippen molar-refractivity contribution in [3.05, 3.63) is 29.8 Å². The summed E-state index contributed by atoms with van der Waals surface area (Å²) in [6, 6.07) is 9.43. The highest BCUT2D eigenvalue weighted by Gasteiger charge is 2.11. The highest BCUT2D eigenvalue weighted by molar-refractivity contribution is 5.92. The van der Waals surface area contributed by atoms with Gasteiger partial charge < -0.3 is 5.32 Å². The molecule has 0 aromatic heterocycles. The molecule has 1 rings (SSSR count). The van der Waals surface area contributed by atoms with Crippen LogP contribution in [0, 0.1) is 18.3 Å². The van der Waals surface area contributed by atoms with E-state index >= 15 is 0 Å². The van der Waals surface area contributed by atoms with Crippen molar-refractivity contribution < 1.29 is 4.79 Å². The lowest BCUT2D eigenvalue weighted by Gasteiger charge is -2.18. The molecule has 0 saturated heterocycles. The van der Waals surface area contributed by atoms with Crippen LogP contribution in [0.1, 0.15) is 12.5 Å². The van der Waals surface area contributed by atoms with Crippen LogP contribution in [0.15, 0.2) is 24.3 Å². The molecular formula is C13H17N3O. The number of benzene rings is 1. The maximum absolute atomic E-state index is 11.7. The highest BCUT2D eigenvalue weighted by atomic mass is 16.2. The van der Waals surface area contributed by atoms with Crippen LogP contribution in [-0.2, 0) is 4.79 Å². The first kappa shape index (κ1) is 13.2. The Morgan fingerprint density at radius 3 is 2.59 bits per heavy atom. The molecule has 17 heavy (non-hydrogen) atoms. The van der Waals surface area contributed by atoms with Gasteiger partial charge in [0.25, 0.3) is 0 Å². The van der Waals surface area contributed by atoms with Gasteiger partial charge >= 0.3 is 0 Å². The predicted molar refractivity (Wildman–Crippen MR) is 67.5 cm³/mol. The van der Waals surface area contributed by atoms with Gasteiger partial charge in [0.15, 0.2) is 0 Å². The Labute approximate surface area is 102 Å². The van der Waals surface area contributed by atoms with E-state index in [1.54, 1.807) is 18.9 Å². The van der Waals surface area contributed by atoms with Crippen molar-refractivity contribution in [2.45, 2.75) is 19.9 Å². The van der Waals surface area contributed by atoms with Gasteiger partial charge in [-0.05, 0) is 33.0 Å². The standard InChI is InChI=1S/C13H17N3O/c1-10-4-6-12(7-5-10)15-13(17)9-16(3)11(2)8-14/h4-7,11H,9H2,1-3H3,(H,15,17)/t11-/m0/s1. The minimum Gasteiger partial charge on any atom is -0.325 e. The Bertz CT molecular complexity index is 419. The molecule has 1 aromatic rings. The topological polar surface area (TPSA) is 56.1 Å². The monoisotopic (exact) mass is 231 g/mol. The van der Waals surface area contributed by atoms with Gasteiger partial charge in [-0.2, -0.15) is 5.26 Å². The molecule has 0 fully saturated rings. The van der Waals surface area contributed by atoms with E-state index in [4.69, 9.17) is 5.26 Å². The molecule has 1 atom stereocenters. The lowest BCUT2D eigenvalue weighted by molar-refractivity contribution is -0.117. The zero-order valence-electron chi connectivity index (χ0n) is 10.4. The zero-order valence-corrected chi connectivity index (χ0v) is 10.4. The van der Waals surface area contributed by atoms with Gasteiger partial charge in [-0.3, -0.25) is 9.69 Å². The predicted octanol–water partition coefficient (Wildman–Crippen LogP) is 1.78. The van der Waals surface area contributed by atoms with E-state index in [9.17, 15) is 4.79 Å². The maximum Gasteiger partial charge on any atom is 0.238 e. The highest BCUT2D eigenvalue weighted by Crippen LogP contribution is 2.08. The fourth-order valence-corrected chi connectivity index (χ4v) is 1.30. The second kappa shape index (κ2) is 6.02. The SMILES string of the molecule is Cc1ccc(NC(=O)CN(C)[C@@H](C)C#N)cc1. The third-order valence-electron chi connectivity index (χ3n) is 2.58. The Kier molecular flexibility index (Phi) is 4.68. The van der Waals surface area contributed by atoms with E-state index in [1.165, 1.54) is 0 Å². The smallest absolute Gasteiger partial charge is 0.238 e. The molecule has 1 aromatic carbocycles. The number of nitrogens with zero attached hydrogens (tertiary/aromatic N) is 2. The van der Waals surface area contributed by atoms with Gasteiger partial charge in [0.05, 0.1) is 18.7 Å². The third-order valence-corrected chi connectivity index (χ3v) is 2.58. The van der Waals surface area contributed by atoms with Gasteiger partial charge in [0.2, 0.25) is 5.91 Å². The molecule has 0 aliphatic rings. The Hall–Kier alpha value is -1.86. The normalized spacial score (nSPS) is 11.9. The average molecular weight is 231 g/mol. The van der Waals surface area contributed by atoms with Gasteiger partial charge in [-0.15, -0.1) is 0 Å². The molecule has 4 heteroatoms. The molecule has 0 spiro atoms. The van der Waals surface area contributed by atoms with Crippen LogP contribution in [0.2, 0.25) is 0 Å². The number of anilines is 1. The molecule has 0 radical (unpaired) electrons. The summed E-state index contributed by atoms with van der Waals surface area (Å²) >= 11 is 0. The number of hydrogen-bond donors (Lipinski definition) is 1. The largest absolute Gasteiger partial charge is 0.325 e. The van der Waals surface area contributed by atoms with E-state index in [0.29, 0.717) is 0 Å². The summed E-state index contributed by atoms with van der Waals surface area (Å²) < 4.78 is 0. The number of rotatable bonds is 4. The van der Waals surface area contributed by atoms with E-state index in [2.05, 4.69) is 11.4 Å². The average Bonchev–Trinajstić information content (AvgIpc) is 2.30. The van der Waals surface area contributed by atoms with Gasteiger partial charge in [-0.1, -0.05) is 17.7 Å². The molecule has 0 bridgehead atoms. The molecule has 0 heterocycles. The van der Waals surface area contributed by atoms with Gasteiger partial charge in [-0.25, -0.2) is 0 Å². The van der Waals surface area contributed by atoms with E-state index in [1.807, 2.05) is 31.2 Å². The number of nitrogens with one attached hydrogen (secondary N) is 1. The summed E-state index contributed by atoms with van der Waals surface area (Å²) in [4.78, 5) is 13.4. The minimum absolute atomic E-state index is 0.113. The summed E-state index contributed by atoms with van der Waals surface area (Å²) in [5.74, 6) is -0.113. The number of hydrogen-bond acceptors (Lipinski definition) is 3. The number of nitriles is 1. The molecular weight excluding hydrogens is 214 g/mol. The van der Waals surface area contributed by atoms with E-state index in [-0.39, 0.29) is 18.5 Å². The van der Waals surface area contributed by atoms with Crippen LogP contribution in [0.3, 0.4) is 0 Å². The second-order valence-electron chi connectivity index (χ2n) is 4.13. The van der Waals surface area contributed by atoms with Crippen molar-refractivity contribution >= 4 is 11.6 Å². The summed E-state index contributed by atoms with van der Waals surface area (Å²) in [6.45, 7) is 3.97. The van der Waals surface area contributed by atoms with Crippen LogP contribution in [0.5, 0.6) is 0 Å². The first-order valence-corrected chi connectivity index (χ1v) is 5.49. The van der Waals surface area contributed by atoms with Crippen LogP contribution < -0.4 is 5.32 Å². The minimum atomic E-state index is -0.265. The zero-order chi connectivity index (χ0) is 12.8. The molecule has 0 unspecified atom stereocenters. The van der Waals surface area contributed by atoms with Crippen LogP contribution in [0.25, 0.3) is 0 Å². The number of amides is 1. The van der Waals surface area contributed by atoms with Crippen molar-refractivity contribution in [2.24, 2.45) is 0 Å². The van der Waals surface area contributed by atoms with Crippen molar-refractivity contribution in [3.8, 4) is 6.07 Å². The molecule has 0 saturated carbocycles. The van der Waals surface area contributed by atoms with Crippen molar-refractivity contribution in [1.29, 1.82) is 5.26 Å². The Morgan fingerprint density at radius 1 is 1.47 bits per heavy atom. The summed E-state index contributed by atoms with van der Waals surface area (Å²) in [5, 5.41) is 11.5. The second-order valence-corrected chi connectivity index (χ2v) is 4.13. The van der Waals surface area contributed by atoms with E-state index < -0.39 is 0 Å².